The number of halogens is 1. The smallest absolute Gasteiger partial charge is 0.140 e. The van der Waals surface area contributed by atoms with Crippen molar-refractivity contribution >= 4 is 21.7 Å². The molecule has 4 heteroatoms. The first-order valence-corrected chi connectivity index (χ1v) is 5.70. The van der Waals surface area contributed by atoms with Crippen LogP contribution >= 0.6 is 15.9 Å². The highest BCUT2D eigenvalue weighted by molar-refractivity contribution is 9.10. The molecule has 0 heterocycles. The molecule has 0 fully saturated rings. The number of rotatable bonds is 4. The van der Waals surface area contributed by atoms with Gasteiger partial charge in [0.2, 0.25) is 0 Å². The molecule has 0 unspecified atom stereocenters. The lowest BCUT2D eigenvalue weighted by Gasteiger charge is -2.15. The van der Waals surface area contributed by atoms with Gasteiger partial charge in [-0.15, -0.1) is 0 Å². The third-order valence-corrected chi connectivity index (χ3v) is 3.01. The SMILES string of the molecule is COc1c(C)cc(CC(C)=O)c(OC)c1Br. The van der Waals surface area contributed by atoms with Crippen LogP contribution in [0.25, 0.3) is 0 Å². The second-order valence-corrected chi connectivity index (χ2v) is 4.40. The molecule has 0 aromatic heterocycles. The van der Waals surface area contributed by atoms with Gasteiger partial charge in [0.1, 0.15) is 21.8 Å². The fourth-order valence-corrected chi connectivity index (χ4v) is 2.57. The standard InChI is InChI=1S/C12H15BrO3/c1-7-5-9(6-8(2)14)12(16-4)10(13)11(7)15-3/h5H,6H2,1-4H3. The molecule has 1 rings (SSSR count). The average molecular weight is 287 g/mol. The van der Waals surface area contributed by atoms with E-state index in [9.17, 15) is 4.79 Å². The first kappa shape index (κ1) is 13.0. The van der Waals surface area contributed by atoms with Gasteiger partial charge in [0.15, 0.2) is 0 Å². The molecule has 0 saturated carbocycles. The predicted molar refractivity (Wildman–Crippen MR) is 66.4 cm³/mol. The third-order valence-electron chi connectivity index (χ3n) is 2.29. The molecule has 0 spiro atoms. The van der Waals surface area contributed by atoms with Crippen LogP contribution < -0.4 is 9.47 Å². The zero-order valence-electron chi connectivity index (χ0n) is 9.89. The van der Waals surface area contributed by atoms with Crippen LogP contribution in [-0.2, 0) is 11.2 Å². The minimum Gasteiger partial charge on any atom is -0.495 e. The Hall–Kier alpha value is -1.03. The van der Waals surface area contributed by atoms with Crippen LogP contribution in [0.4, 0.5) is 0 Å². The molecular weight excluding hydrogens is 272 g/mol. The lowest BCUT2D eigenvalue weighted by Crippen LogP contribution is -2.02. The van der Waals surface area contributed by atoms with E-state index in [1.807, 2.05) is 13.0 Å². The highest BCUT2D eigenvalue weighted by Crippen LogP contribution is 2.40. The van der Waals surface area contributed by atoms with E-state index >= 15 is 0 Å². The molecule has 0 aliphatic rings. The Labute approximate surface area is 104 Å². The Kier molecular flexibility index (Phi) is 4.35. The maximum Gasteiger partial charge on any atom is 0.140 e. The van der Waals surface area contributed by atoms with Crippen molar-refractivity contribution in [3.63, 3.8) is 0 Å². The Morgan fingerprint density at radius 3 is 2.31 bits per heavy atom. The summed E-state index contributed by atoms with van der Waals surface area (Å²) in [7, 11) is 3.19. The molecule has 0 N–H and O–H groups in total. The summed E-state index contributed by atoms with van der Waals surface area (Å²) in [5.74, 6) is 1.51. The van der Waals surface area contributed by atoms with Gasteiger partial charge < -0.3 is 9.47 Å². The molecule has 0 saturated heterocycles. The molecular formula is C12H15BrO3. The van der Waals surface area contributed by atoms with Crippen LogP contribution in [0.2, 0.25) is 0 Å². The molecule has 0 amide bonds. The fourth-order valence-electron chi connectivity index (χ4n) is 1.68. The Morgan fingerprint density at radius 1 is 1.31 bits per heavy atom. The van der Waals surface area contributed by atoms with Crippen LogP contribution in [-0.4, -0.2) is 20.0 Å². The van der Waals surface area contributed by atoms with Crippen LogP contribution in [0.1, 0.15) is 18.1 Å². The normalized spacial score (nSPS) is 10.1. The summed E-state index contributed by atoms with van der Waals surface area (Å²) >= 11 is 3.43. The maximum absolute atomic E-state index is 11.2. The van der Waals surface area contributed by atoms with Gasteiger partial charge in [-0.05, 0) is 41.4 Å². The second-order valence-electron chi connectivity index (χ2n) is 3.61. The van der Waals surface area contributed by atoms with Crippen molar-refractivity contribution in [2.45, 2.75) is 20.3 Å². The summed E-state index contributed by atoms with van der Waals surface area (Å²) in [4.78, 5) is 11.2. The van der Waals surface area contributed by atoms with Gasteiger partial charge >= 0.3 is 0 Å². The van der Waals surface area contributed by atoms with Crippen LogP contribution in [0.3, 0.4) is 0 Å². The molecule has 3 nitrogen and oxygen atoms in total. The van der Waals surface area contributed by atoms with E-state index in [1.54, 1.807) is 21.1 Å². The fraction of sp³-hybridized carbons (Fsp3) is 0.417. The van der Waals surface area contributed by atoms with Gasteiger partial charge in [0.25, 0.3) is 0 Å². The number of carbonyl (C=O) groups is 1. The highest BCUT2D eigenvalue weighted by Gasteiger charge is 2.16. The van der Waals surface area contributed by atoms with E-state index in [0.29, 0.717) is 12.2 Å². The number of Topliss-reactive ketones (excluding diaryl/α,β-unsaturated/α-hetero) is 1. The summed E-state index contributed by atoms with van der Waals surface area (Å²) in [5, 5.41) is 0. The zero-order valence-corrected chi connectivity index (χ0v) is 11.5. The lowest BCUT2D eigenvalue weighted by atomic mass is 10.0. The number of hydrogen-bond acceptors (Lipinski definition) is 3. The van der Waals surface area contributed by atoms with Gasteiger partial charge in [-0.3, -0.25) is 4.79 Å². The van der Waals surface area contributed by atoms with Crippen LogP contribution in [0, 0.1) is 6.92 Å². The van der Waals surface area contributed by atoms with Crippen molar-refractivity contribution < 1.29 is 14.3 Å². The van der Waals surface area contributed by atoms with Crippen LogP contribution in [0.15, 0.2) is 10.5 Å². The molecule has 0 atom stereocenters. The third kappa shape index (κ3) is 2.55. The largest absolute Gasteiger partial charge is 0.495 e. The second kappa shape index (κ2) is 5.34. The van der Waals surface area contributed by atoms with Gasteiger partial charge in [-0.2, -0.15) is 0 Å². The summed E-state index contributed by atoms with van der Waals surface area (Å²) in [6, 6.07) is 1.92. The summed E-state index contributed by atoms with van der Waals surface area (Å²) in [5.41, 5.74) is 1.85. The first-order chi connectivity index (χ1) is 7.51. The minimum absolute atomic E-state index is 0.106. The minimum atomic E-state index is 0.106. The van der Waals surface area contributed by atoms with E-state index in [1.165, 1.54) is 0 Å². The number of ketones is 1. The van der Waals surface area contributed by atoms with Crippen molar-refractivity contribution in [2.75, 3.05) is 14.2 Å². The van der Waals surface area contributed by atoms with Crippen molar-refractivity contribution in [1.29, 1.82) is 0 Å². The van der Waals surface area contributed by atoms with Crippen molar-refractivity contribution in [1.82, 2.24) is 0 Å². The molecule has 0 aliphatic heterocycles. The summed E-state index contributed by atoms with van der Waals surface area (Å²) < 4.78 is 11.3. The lowest BCUT2D eigenvalue weighted by molar-refractivity contribution is -0.116. The van der Waals surface area contributed by atoms with Crippen LogP contribution in [0.5, 0.6) is 11.5 Å². The maximum atomic E-state index is 11.2. The summed E-state index contributed by atoms with van der Waals surface area (Å²) in [6.07, 6.45) is 0.368. The average Bonchev–Trinajstić information content (AvgIpc) is 2.17. The number of benzene rings is 1. The van der Waals surface area contributed by atoms with Crippen molar-refractivity contribution in [3.05, 3.63) is 21.7 Å². The Bertz CT molecular complexity index is 413. The van der Waals surface area contributed by atoms with Gasteiger partial charge in [0.05, 0.1) is 14.2 Å². The van der Waals surface area contributed by atoms with E-state index in [0.717, 1.165) is 21.3 Å². The Balaban J connectivity index is 3.34. The van der Waals surface area contributed by atoms with E-state index in [2.05, 4.69) is 15.9 Å². The monoisotopic (exact) mass is 286 g/mol. The zero-order chi connectivity index (χ0) is 12.3. The number of hydrogen-bond donors (Lipinski definition) is 0. The summed E-state index contributed by atoms with van der Waals surface area (Å²) in [6.45, 7) is 3.50. The number of aryl methyl sites for hydroxylation is 1. The molecule has 1 aromatic rings. The molecule has 0 aliphatic carbocycles. The molecule has 1 aromatic carbocycles. The number of carbonyl (C=O) groups excluding carboxylic acids is 1. The highest BCUT2D eigenvalue weighted by atomic mass is 79.9. The quantitative estimate of drug-likeness (QED) is 0.854. The molecule has 0 radical (unpaired) electrons. The molecule has 0 bridgehead atoms. The topological polar surface area (TPSA) is 35.5 Å². The van der Waals surface area contributed by atoms with Gasteiger partial charge in [-0.25, -0.2) is 0 Å². The Morgan fingerprint density at radius 2 is 1.88 bits per heavy atom. The predicted octanol–water partition coefficient (Wildman–Crippen LogP) is 2.91. The van der Waals surface area contributed by atoms with E-state index in [-0.39, 0.29) is 5.78 Å². The first-order valence-electron chi connectivity index (χ1n) is 4.90. The van der Waals surface area contributed by atoms with Crippen molar-refractivity contribution in [3.8, 4) is 11.5 Å². The number of ether oxygens (including phenoxy) is 2. The molecule has 88 valence electrons. The van der Waals surface area contributed by atoms with Crippen molar-refractivity contribution in [2.24, 2.45) is 0 Å². The van der Waals surface area contributed by atoms with Gasteiger partial charge in [-0.1, -0.05) is 0 Å². The number of methoxy groups -OCH3 is 2. The van der Waals surface area contributed by atoms with Gasteiger partial charge in [0, 0.05) is 12.0 Å². The molecule has 16 heavy (non-hydrogen) atoms. The van der Waals surface area contributed by atoms with E-state index in [4.69, 9.17) is 9.47 Å². The van der Waals surface area contributed by atoms with E-state index < -0.39 is 0 Å².